The van der Waals surface area contributed by atoms with Crippen LogP contribution < -0.4 is 16.0 Å². The molecule has 1 aromatic heterocycles. The Bertz CT molecular complexity index is 393. The molecule has 1 rings (SSSR count). The van der Waals surface area contributed by atoms with Gasteiger partial charge in [0.25, 0.3) is 0 Å². The number of hydrazine groups is 1. The molecule has 0 aliphatic heterocycles. The minimum atomic E-state index is -0.154. The fourth-order valence-corrected chi connectivity index (χ4v) is 2.43. The fourth-order valence-electron chi connectivity index (χ4n) is 2.43. The average molecular weight is 284 g/mol. The van der Waals surface area contributed by atoms with Gasteiger partial charge in [0.05, 0.1) is 25.5 Å². The minimum Gasteiger partial charge on any atom is -0.493 e. The van der Waals surface area contributed by atoms with Crippen molar-refractivity contribution in [1.29, 1.82) is 0 Å². The summed E-state index contributed by atoms with van der Waals surface area (Å²) >= 11 is 0. The van der Waals surface area contributed by atoms with Gasteiger partial charge in [-0.3, -0.25) is 10.5 Å². The second-order valence-corrected chi connectivity index (χ2v) is 5.13. The Hall–Kier alpha value is -1.11. The number of hydrogen-bond acceptors (Lipinski definition) is 5. The van der Waals surface area contributed by atoms with Gasteiger partial charge in [0.1, 0.15) is 5.69 Å². The maximum absolute atomic E-state index is 5.87. The van der Waals surface area contributed by atoms with Gasteiger partial charge < -0.3 is 9.47 Å². The molecule has 0 saturated heterocycles. The van der Waals surface area contributed by atoms with Crippen LogP contribution in [-0.2, 0) is 11.3 Å². The highest BCUT2D eigenvalue weighted by molar-refractivity contribution is 5.29. The van der Waals surface area contributed by atoms with E-state index >= 15 is 0 Å². The van der Waals surface area contributed by atoms with Crippen molar-refractivity contribution >= 4 is 0 Å². The van der Waals surface area contributed by atoms with Gasteiger partial charge in [-0.25, -0.2) is 5.43 Å². The second kappa shape index (κ2) is 8.24. The number of rotatable bonds is 9. The lowest BCUT2D eigenvalue weighted by molar-refractivity contribution is 0.000114. The zero-order valence-corrected chi connectivity index (χ0v) is 13.2. The molecule has 0 fully saturated rings. The minimum absolute atomic E-state index is 0.0359. The highest BCUT2D eigenvalue weighted by Gasteiger charge is 2.31. The molecule has 0 aliphatic carbocycles. The van der Waals surface area contributed by atoms with Gasteiger partial charge >= 0.3 is 0 Å². The highest BCUT2D eigenvalue weighted by atomic mass is 16.5. The molecule has 116 valence electrons. The van der Waals surface area contributed by atoms with Crippen LogP contribution >= 0.6 is 0 Å². The number of aryl methyl sites for hydroxylation is 1. The Morgan fingerprint density at radius 2 is 2.10 bits per heavy atom. The maximum atomic E-state index is 5.87. The normalized spacial score (nSPS) is 14.6. The van der Waals surface area contributed by atoms with Crippen LogP contribution in [0.5, 0.6) is 5.75 Å². The van der Waals surface area contributed by atoms with E-state index in [1.54, 1.807) is 13.3 Å². The smallest absolute Gasteiger partial charge is 0.161 e. The Kier molecular flexibility index (Phi) is 6.98. The first-order chi connectivity index (χ1) is 9.60. The van der Waals surface area contributed by atoms with Gasteiger partial charge in [-0.15, -0.1) is 0 Å². The third kappa shape index (κ3) is 3.71. The largest absolute Gasteiger partial charge is 0.493 e. The summed E-state index contributed by atoms with van der Waals surface area (Å²) in [5.41, 5.74) is 3.83. The van der Waals surface area contributed by atoms with E-state index in [4.69, 9.17) is 15.3 Å². The standard InChI is InChI=1S/C14H28N4O2/c1-6-8-18-13(11(19-5)9-16-18)12(17-15)14(10(3)4)20-7-2/h9-10,12,14,17H,6-8,15H2,1-5H3. The molecule has 20 heavy (non-hydrogen) atoms. The molecule has 2 unspecified atom stereocenters. The van der Waals surface area contributed by atoms with Gasteiger partial charge in [-0.2, -0.15) is 5.10 Å². The average Bonchev–Trinajstić information content (AvgIpc) is 2.82. The molecule has 0 radical (unpaired) electrons. The molecular weight excluding hydrogens is 256 g/mol. The first kappa shape index (κ1) is 16.9. The number of methoxy groups -OCH3 is 1. The second-order valence-electron chi connectivity index (χ2n) is 5.13. The molecule has 6 nitrogen and oxygen atoms in total. The van der Waals surface area contributed by atoms with Gasteiger partial charge in [0, 0.05) is 13.2 Å². The molecule has 3 N–H and O–H groups in total. The van der Waals surface area contributed by atoms with Crippen molar-refractivity contribution in [2.24, 2.45) is 11.8 Å². The predicted molar refractivity (Wildman–Crippen MR) is 79.4 cm³/mol. The Balaban J connectivity index is 3.17. The number of nitrogens with one attached hydrogen (secondary N) is 1. The summed E-state index contributed by atoms with van der Waals surface area (Å²) in [6.07, 6.45) is 2.70. The maximum Gasteiger partial charge on any atom is 0.161 e. The van der Waals surface area contributed by atoms with Crippen molar-refractivity contribution in [2.45, 2.75) is 52.8 Å². The van der Waals surface area contributed by atoms with Crippen molar-refractivity contribution in [3.05, 3.63) is 11.9 Å². The molecular formula is C14H28N4O2. The van der Waals surface area contributed by atoms with Crippen molar-refractivity contribution in [3.63, 3.8) is 0 Å². The molecule has 2 atom stereocenters. The number of nitrogens with two attached hydrogens (primary N) is 1. The van der Waals surface area contributed by atoms with Crippen molar-refractivity contribution < 1.29 is 9.47 Å². The first-order valence-corrected chi connectivity index (χ1v) is 7.28. The molecule has 0 aromatic carbocycles. The van der Waals surface area contributed by atoms with Gasteiger partial charge in [-0.05, 0) is 19.3 Å². The van der Waals surface area contributed by atoms with E-state index < -0.39 is 0 Å². The molecule has 1 heterocycles. The third-order valence-corrected chi connectivity index (χ3v) is 3.32. The van der Waals surface area contributed by atoms with Crippen molar-refractivity contribution in [1.82, 2.24) is 15.2 Å². The number of ether oxygens (including phenoxy) is 2. The molecule has 0 bridgehead atoms. The monoisotopic (exact) mass is 284 g/mol. The Morgan fingerprint density at radius 3 is 2.55 bits per heavy atom. The highest BCUT2D eigenvalue weighted by Crippen LogP contribution is 2.31. The molecule has 1 aromatic rings. The number of hydrogen-bond donors (Lipinski definition) is 2. The first-order valence-electron chi connectivity index (χ1n) is 7.28. The van der Waals surface area contributed by atoms with Crippen LogP contribution in [0.2, 0.25) is 0 Å². The SMILES string of the molecule is CCCn1ncc(OC)c1C(NN)C(OCC)C(C)C. The van der Waals surface area contributed by atoms with Crippen molar-refractivity contribution in [3.8, 4) is 5.75 Å². The van der Waals surface area contributed by atoms with E-state index in [1.807, 2.05) is 11.6 Å². The molecule has 0 aliphatic rings. The lowest BCUT2D eigenvalue weighted by Gasteiger charge is -2.30. The zero-order chi connectivity index (χ0) is 15.1. The summed E-state index contributed by atoms with van der Waals surface area (Å²) in [5.74, 6) is 6.86. The number of aromatic nitrogens is 2. The topological polar surface area (TPSA) is 74.3 Å². The number of nitrogens with zero attached hydrogens (tertiary/aromatic N) is 2. The van der Waals surface area contributed by atoms with E-state index in [9.17, 15) is 0 Å². The van der Waals surface area contributed by atoms with E-state index in [0.717, 1.165) is 24.4 Å². The predicted octanol–water partition coefficient (Wildman–Crippen LogP) is 1.87. The zero-order valence-electron chi connectivity index (χ0n) is 13.2. The quantitative estimate of drug-likeness (QED) is 0.535. The van der Waals surface area contributed by atoms with E-state index in [1.165, 1.54) is 0 Å². The summed E-state index contributed by atoms with van der Waals surface area (Å²) < 4.78 is 13.2. The Labute approximate surface area is 121 Å². The summed E-state index contributed by atoms with van der Waals surface area (Å²) in [5, 5.41) is 4.39. The van der Waals surface area contributed by atoms with Crippen LogP contribution in [0.1, 0.15) is 45.9 Å². The van der Waals surface area contributed by atoms with Crippen LogP contribution in [-0.4, -0.2) is 29.6 Å². The van der Waals surface area contributed by atoms with Crippen LogP contribution in [0, 0.1) is 5.92 Å². The van der Waals surface area contributed by atoms with Crippen LogP contribution in [0.4, 0.5) is 0 Å². The van der Waals surface area contributed by atoms with E-state index in [2.05, 4.69) is 31.3 Å². The Morgan fingerprint density at radius 1 is 1.40 bits per heavy atom. The third-order valence-electron chi connectivity index (χ3n) is 3.32. The van der Waals surface area contributed by atoms with Gasteiger partial charge in [-0.1, -0.05) is 20.8 Å². The lowest BCUT2D eigenvalue weighted by atomic mass is 9.96. The van der Waals surface area contributed by atoms with Crippen molar-refractivity contribution in [2.75, 3.05) is 13.7 Å². The van der Waals surface area contributed by atoms with Gasteiger partial charge in [0.15, 0.2) is 5.75 Å². The van der Waals surface area contributed by atoms with E-state index in [0.29, 0.717) is 12.5 Å². The van der Waals surface area contributed by atoms with E-state index in [-0.39, 0.29) is 12.1 Å². The summed E-state index contributed by atoms with van der Waals surface area (Å²) in [4.78, 5) is 0. The summed E-state index contributed by atoms with van der Waals surface area (Å²) in [7, 11) is 1.65. The lowest BCUT2D eigenvalue weighted by Crippen LogP contribution is -2.42. The molecule has 0 spiro atoms. The van der Waals surface area contributed by atoms with Crippen LogP contribution in [0.3, 0.4) is 0 Å². The van der Waals surface area contributed by atoms with Gasteiger partial charge in [0.2, 0.25) is 0 Å². The molecule has 6 heteroatoms. The van der Waals surface area contributed by atoms with Crippen LogP contribution in [0.15, 0.2) is 6.20 Å². The fraction of sp³-hybridized carbons (Fsp3) is 0.786. The summed E-state index contributed by atoms with van der Waals surface area (Å²) in [6, 6.07) is -0.154. The summed E-state index contributed by atoms with van der Waals surface area (Å²) in [6.45, 7) is 9.82. The molecule has 0 amide bonds. The molecule has 0 saturated carbocycles. The van der Waals surface area contributed by atoms with Crippen LogP contribution in [0.25, 0.3) is 0 Å².